The van der Waals surface area contributed by atoms with Crippen molar-refractivity contribution in [3.8, 4) is 11.5 Å². The molecule has 3 atom stereocenters. The standard InChI is InChI=1S/C30H29N9O3/c1-18(40)32-23-8-9-26-24(13-23)33-29(42-26)20-10-11-31-25(12-20)30(41)39-16-21-14-38(15-22(21)17-39)27(19-6-4-3-5-7-19)28-34-36-37(2)35-28/h3-13,21-22,27H,14-17H2,1-2H3,(H,32,40). The summed E-state index contributed by atoms with van der Waals surface area (Å²) in [5.41, 5.74) is 4.00. The number of hydrogen-bond donors (Lipinski definition) is 1. The molecule has 2 saturated heterocycles. The Labute approximate surface area is 241 Å². The van der Waals surface area contributed by atoms with Crippen molar-refractivity contribution in [3.05, 3.63) is 83.9 Å². The molecule has 5 heterocycles. The van der Waals surface area contributed by atoms with Crippen LogP contribution in [0.2, 0.25) is 0 Å². The van der Waals surface area contributed by atoms with Gasteiger partial charge in [0.15, 0.2) is 11.4 Å². The monoisotopic (exact) mass is 563 g/mol. The van der Waals surface area contributed by atoms with Crippen LogP contribution in [0.25, 0.3) is 22.6 Å². The summed E-state index contributed by atoms with van der Waals surface area (Å²) in [5.74, 6) is 1.50. The number of carbonyl (C=O) groups excluding carboxylic acids is 2. The van der Waals surface area contributed by atoms with Crippen LogP contribution >= 0.6 is 0 Å². The van der Waals surface area contributed by atoms with E-state index in [1.807, 2.05) is 23.1 Å². The zero-order chi connectivity index (χ0) is 28.8. The first-order chi connectivity index (χ1) is 20.4. The summed E-state index contributed by atoms with van der Waals surface area (Å²) in [5, 5.41) is 15.7. The Morgan fingerprint density at radius 1 is 1.00 bits per heavy atom. The number of fused-ring (bicyclic) bond motifs is 2. The molecule has 0 spiro atoms. The van der Waals surface area contributed by atoms with E-state index in [9.17, 15) is 9.59 Å². The summed E-state index contributed by atoms with van der Waals surface area (Å²) >= 11 is 0. The zero-order valence-electron chi connectivity index (χ0n) is 23.2. The van der Waals surface area contributed by atoms with Crippen LogP contribution in [0.1, 0.15) is 34.8 Å². The molecule has 1 N–H and O–H groups in total. The Hall–Kier alpha value is -4.97. The number of nitrogens with one attached hydrogen (secondary N) is 1. The quantitative estimate of drug-likeness (QED) is 0.330. The van der Waals surface area contributed by atoms with Crippen LogP contribution in [0.15, 0.2) is 71.3 Å². The van der Waals surface area contributed by atoms with E-state index in [0.29, 0.717) is 64.7 Å². The second-order valence-electron chi connectivity index (χ2n) is 10.9. The first-order valence-electron chi connectivity index (χ1n) is 13.9. The van der Waals surface area contributed by atoms with Crippen molar-refractivity contribution in [2.75, 3.05) is 31.5 Å². The first-order valence-corrected chi connectivity index (χ1v) is 13.9. The fourth-order valence-electron chi connectivity index (χ4n) is 6.15. The van der Waals surface area contributed by atoms with Gasteiger partial charge in [0.2, 0.25) is 11.8 Å². The number of tetrazole rings is 1. The van der Waals surface area contributed by atoms with Gasteiger partial charge in [-0.1, -0.05) is 30.3 Å². The fraction of sp³-hybridized carbons (Fsp3) is 0.300. The number of anilines is 1. The van der Waals surface area contributed by atoms with Crippen LogP contribution in [0.4, 0.5) is 5.69 Å². The molecule has 0 bridgehead atoms. The van der Waals surface area contributed by atoms with Crippen molar-refractivity contribution in [1.29, 1.82) is 0 Å². The minimum absolute atomic E-state index is 0.0846. The molecule has 3 unspecified atom stereocenters. The molecule has 0 saturated carbocycles. The van der Waals surface area contributed by atoms with Gasteiger partial charge < -0.3 is 14.6 Å². The summed E-state index contributed by atoms with van der Waals surface area (Å²) in [6.45, 7) is 4.45. The van der Waals surface area contributed by atoms with E-state index in [4.69, 9.17) is 4.42 Å². The predicted molar refractivity (Wildman–Crippen MR) is 153 cm³/mol. The summed E-state index contributed by atoms with van der Waals surface area (Å²) in [4.78, 5) is 39.7. The number of benzene rings is 2. The van der Waals surface area contributed by atoms with E-state index >= 15 is 0 Å². The van der Waals surface area contributed by atoms with Crippen LogP contribution in [-0.2, 0) is 11.8 Å². The molecule has 212 valence electrons. The van der Waals surface area contributed by atoms with Gasteiger partial charge in [-0.05, 0) is 52.9 Å². The summed E-state index contributed by atoms with van der Waals surface area (Å²) in [6, 6.07) is 19.0. The average Bonchev–Trinajstić information content (AvgIpc) is 3.77. The molecule has 0 aliphatic carbocycles. The highest BCUT2D eigenvalue weighted by molar-refractivity contribution is 5.94. The van der Waals surface area contributed by atoms with Crippen molar-refractivity contribution < 1.29 is 14.0 Å². The number of nitrogens with zero attached hydrogens (tertiary/aromatic N) is 8. The summed E-state index contributed by atoms with van der Waals surface area (Å²) < 4.78 is 5.95. The Morgan fingerprint density at radius 3 is 2.50 bits per heavy atom. The molecule has 2 amide bonds. The topological polar surface area (TPSA) is 135 Å². The molecule has 12 heteroatoms. The molecule has 0 radical (unpaired) electrons. The highest BCUT2D eigenvalue weighted by Gasteiger charge is 2.45. The van der Waals surface area contributed by atoms with E-state index in [1.54, 1.807) is 43.6 Å². The van der Waals surface area contributed by atoms with E-state index in [2.05, 4.69) is 47.7 Å². The summed E-state index contributed by atoms with van der Waals surface area (Å²) in [7, 11) is 1.78. The van der Waals surface area contributed by atoms with Crippen LogP contribution in [0.5, 0.6) is 0 Å². The lowest BCUT2D eigenvalue weighted by molar-refractivity contribution is -0.114. The highest BCUT2D eigenvalue weighted by Crippen LogP contribution is 2.38. The smallest absolute Gasteiger partial charge is 0.272 e. The van der Waals surface area contributed by atoms with E-state index in [-0.39, 0.29) is 17.9 Å². The Kier molecular flexibility index (Phi) is 6.46. The second kappa shape index (κ2) is 10.5. The molecule has 42 heavy (non-hydrogen) atoms. The maximum absolute atomic E-state index is 13.6. The van der Waals surface area contributed by atoms with Crippen LogP contribution < -0.4 is 5.32 Å². The molecule has 2 aliphatic heterocycles. The average molecular weight is 564 g/mol. The fourth-order valence-corrected chi connectivity index (χ4v) is 6.15. The number of rotatable bonds is 6. The molecular weight excluding hydrogens is 534 g/mol. The minimum atomic E-state index is -0.160. The van der Waals surface area contributed by atoms with Crippen molar-refractivity contribution >= 4 is 28.6 Å². The van der Waals surface area contributed by atoms with Gasteiger partial charge in [-0.25, -0.2) is 4.98 Å². The number of aromatic nitrogens is 6. The van der Waals surface area contributed by atoms with Crippen molar-refractivity contribution in [2.24, 2.45) is 18.9 Å². The lowest BCUT2D eigenvalue weighted by Gasteiger charge is -2.27. The maximum atomic E-state index is 13.6. The maximum Gasteiger partial charge on any atom is 0.272 e. The predicted octanol–water partition coefficient (Wildman–Crippen LogP) is 3.17. The second-order valence-corrected chi connectivity index (χ2v) is 10.9. The molecule has 7 rings (SSSR count). The Morgan fingerprint density at radius 2 is 1.79 bits per heavy atom. The molecule has 2 aromatic carbocycles. The van der Waals surface area contributed by atoms with Gasteiger partial charge >= 0.3 is 0 Å². The van der Waals surface area contributed by atoms with Crippen molar-refractivity contribution in [3.63, 3.8) is 0 Å². The lowest BCUT2D eigenvalue weighted by atomic mass is 10.0. The van der Waals surface area contributed by atoms with Gasteiger partial charge in [0.1, 0.15) is 11.2 Å². The van der Waals surface area contributed by atoms with Crippen molar-refractivity contribution in [2.45, 2.75) is 13.0 Å². The molecule has 3 aromatic heterocycles. The number of amides is 2. The number of pyridine rings is 1. The molecule has 2 aliphatic rings. The first kappa shape index (κ1) is 26.0. The number of hydrogen-bond acceptors (Lipinski definition) is 9. The molecule has 2 fully saturated rings. The van der Waals surface area contributed by atoms with Gasteiger partial charge in [-0.2, -0.15) is 4.80 Å². The number of carbonyl (C=O) groups is 2. The van der Waals surface area contributed by atoms with Crippen LogP contribution in [0, 0.1) is 11.8 Å². The molecular formula is C30H29N9O3. The van der Waals surface area contributed by atoms with Gasteiger partial charge in [-0.15, -0.1) is 10.2 Å². The third-order valence-corrected chi connectivity index (χ3v) is 7.98. The number of aryl methyl sites for hydroxylation is 1. The van der Waals surface area contributed by atoms with Gasteiger partial charge in [-0.3, -0.25) is 19.5 Å². The van der Waals surface area contributed by atoms with Crippen LogP contribution in [-0.4, -0.2) is 78.0 Å². The number of likely N-dealkylation sites (tertiary alicyclic amines) is 2. The van der Waals surface area contributed by atoms with E-state index in [1.165, 1.54) is 11.7 Å². The Bertz CT molecular complexity index is 1770. The van der Waals surface area contributed by atoms with Crippen molar-refractivity contribution in [1.82, 2.24) is 40.0 Å². The highest BCUT2D eigenvalue weighted by atomic mass is 16.3. The third-order valence-electron chi connectivity index (χ3n) is 7.98. The SMILES string of the molecule is CC(=O)Nc1ccc2oc(-c3ccnc(C(=O)N4CC5CN(C(c6ccccc6)c6nnn(C)n6)CC5C4)c3)nc2c1. The van der Waals surface area contributed by atoms with E-state index < -0.39 is 0 Å². The normalized spacial score (nSPS) is 19.2. The summed E-state index contributed by atoms with van der Waals surface area (Å²) in [6.07, 6.45) is 1.61. The van der Waals surface area contributed by atoms with Gasteiger partial charge in [0.05, 0.1) is 13.1 Å². The zero-order valence-corrected chi connectivity index (χ0v) is 23.2. The molecule has 12 nitrogen and oxygen atoms in total. The largest absolute Gasteiger partial charge is 0.436 e. The van der Waals surface area contributed by atoms with E-state index in [0.717, 1.165) is 18.7 Å². The molecule has 5 aromatic rings. The lowest BCUT2D eigenvalue weighted by Crippen LogP contribution is -2.35. The van der Waals surface area contributed by atoms with Gasteiger partial charge in [0.25, 0.3) is 5.91 Å². The van der Waals surface area contributed by atoms with Crippen LogP contribution in [0.3, 0.4) is 0 Å². The Balaban J connectivity index is 1.06. The third kappa shape index (κ3) is 4.90. The number of oxazole rings is 1. The van der Waals surface area contributed by atoms with Gasteiger partial charge in [0, 0.05) is 50.6 Å². The minimum Gasteiger partial charge on any atom is -0.436 e.